The van der Waals surface area contributed by atoms with Crippen molar-refractivity contribution in [1.82, 2.24) is 9.78 Å². The summed E-state index contributed by atoms with van der Waals surface area (Å²) < 4.78 is 9.08. The third-order valence-corrected chi connectivity index (χ3v) is 14.4. The van der Waals surface area contributed by atoms with E-state index in [0.717, 1.165) is 29.7 Å². The predicted molar refractivity (Wildman–Crippen MR) is 215 cm³/mol. The van der Waals surface area contributed by atoms with E-state index in [0.29, 0.717) is 34.2 Å². The molecule has 4 amide bonds. The second-order valence-electron chi connectivity index (χ2n) is 14.8. The van der Waals surface area contributed by atoms with E-state index in [1.54, 1.807) is 66.4 Å². The number of hydrogen-bond donors (Lipinski definition) is 1. The number of methoxy groups -OCH3 is 1. The van der Waals surface area contributed by atoms with Gasteiger partial charge in [-0.05, 0) is 115 Å². The Hall–Kier alpha value is -4.53. The molecule has 2 aliphatic carbocycles. The van der Waals surface area contributed by atoms with Gasteiger partial charge in [-0.3, -0.25) is 28.8 Å². The van der Waals surface area contributed by atoms with E-state index < -0.39 is 46.8 Å². The topological polar surface area (TPSA) is 122 Å². The number of fused-ring (bicyclic) bond motifs is 5. The van der Waals surface area contributed by atoms with E-state index in [9.17, 15) is 19.5 Å². The molecule has 2 saturated heterocycles. The molecule has 274 valence electrons. The minimum absolute atomic E-state index is 0.134. The van der Waals surface area contributed by atoms with Crippen LogP contribution >= 0.6 is 45.5 Å². The Morgan fingerprint density at radius 1 is 0.981 bits per heavy atom. The second kappa shape index (κ2) is 12.5. The molecule has 1 saturated carbocycles. The average molecular weight is 873 g/mol. The Balaban J connectivity index is 1.17. The van der Waals surface area contributed by atoms with Crippen LogP contribution in [0, 0.1) is 39.6 Å². The number of carbonyl (C=O) groups is 4. The second-order valence-corrected chi connectivity index (χ2v) is 17.5. The lowest BCUT2D eigenvalue weighted by molar-refractivity contribution is -0.131. The lowest BCUT2D eigenvalue weighted by atomic mass is 9.51. The summed E-state index contributed by atoms with van der Waals surface area (Å²) in [5, 5.41) is 18.1. The van der Waals surface area contributed by atoms with E-state index in [1.807, 2.05) is 43.3 Å². The number of aromatic hydroxyl groups is 1. The van der Waals surface area contributed by atoms with Gasteiger partial charge in [0, 0.05) is 37.9 Å². The summed E-state index contributed by atoms with van der Waals surface area (Å²) in [4.78, 5) is 61.8. The number of allylic oxidation sites excluding steroid dienone is 2. The van der Waals surface area contributed by atoms with Crippen LogP contribution in [0.4, 0.5) is 11.5 Å². The van der Waals surface area contributed by atoms with Crippen LogP contribution in [-0.4, -0.2) is 45.6 Å². The number of rotatable bonds is 5. The summed E-state index contributed by atoms with van der Waals surface area (Å²) in [6.45, 7) is 3.80. The molecule has 2 aliphatic heterocycles. The molecule has 54 heavy (non-hydrogen) atoms. The molecule has 3 aromatic carbocycles. The highest BCUT2D eigenvalue weighted by Crippen LogP contribution is 2.65. The van der Waals surface area contributed by atoms with Gasteiger partial charge in [0.15, 0.2) is 11.5 Å². The molecule has 1 N–H and O–H groups in total. The Morgan fingerprint density at radius 2 is 1.74 bits per heavy atom. The van der Waals surface area contributed by atoms with Crippen molar-refractivity contribution in [1.29, 1.82) is 0 Å². The zero-order valence-corrected chi connectivity index (χ0v) is 33.4. The summed E-state index contributed by atoms with van der Waals surface area (Å²) in [5.74, 6) is -4.54. The van der Waals surface area contributed by atoms with E-state index in [-0.39, 0.29) is 29.7 Å². The first-order valence-corrected chi connectivity index (χ1v) is 19.9. The minimum atomic E-state index is -1.35. The van der Waals surface area contributed by atoms with Crippen molar-refractivity contribution in [2.45, 2.75) is 32.6 Å². The predicted octanol–water partition coefficient (Wildman–Crippen LogP) is 8.02. The van der Waals surface area contributed by atoms with Crippen molar-refractivity contribution in [3.05, 3.63) is 98.1 Å². The largest absolute Gasteiger partial charge is 0.504 e. The Kier molecular flexibility index (Phi) is 8.15. The van der Waals surface area contributed by atoms with Crippen LogP contribution in [0.2, 0.25) is 5.02 Å². The molecule has 10 nitrogen and oxygen atoms in total. The standard InChI is InChI=1S/C41H34ClIN4O6S/c1-19-26-16-20(42)8-15-31(26)54-36(19)29-18-32(45(3)44-29)47-38(50)28-17-27-23(34(41(28,2)40(47)52)25-6-5-7-30(53-4)35(25)48)13-14-24-33(27)39(51)46(37(24)49)22-11-9-21(43)10-12-22/h5-13,15-16,18,24,27-28,33-34,48H,14,17H2,1-4H3/t24-,27+,28-,33-,34+,41+/m0/s1. The fraction of sp³-hybridized carbons (Fsp3) is 0.293. The summed E-state index contributed by atoms with van der Waals surface area (Å²) in [5.41, 5.74) is 1.97. The maximum Gasteiger partial charge on any atom is 0.242 e. The van der Waals surface area contributed by atoms with Crippen LogP contribution in [0.3, 0.4) is 0 Å². The van der Waals surface area contributed by atoms with Crippen molar-refractivity contribution in [2.75, 3.05) is 16.9 Å². The first-order chi connectivity index (χ1) is 25.8. The van der Waals surface area contributed by atoms with Gasteiger partial charge in [-0.2, -0.15) is 5.10 Å². The molecule has 3 fully saturated rings. The van der Waals surface area contributed by atoms with Crippen molar-refractivity contribution >= 4 is 90.7 Å². The van der Waals surface area contributed by atoms with Crippen LogP contribution in [0.25, 0.3) is 20.7 Å². The Morgan fingerprint density at radius 3 is 2.48 bits per heavy atom. The van der Waals surface area contributed by atoms with Crippen molar-refractivity contribution < 1.29 is 29.0 Å². The molecule has 0 unspecified atom stereocenters. The van der Waals surface area contributed by atoms with Crippen LogP contribution in [-0.2, 0) is 26.2 Å². The van der Waals surface area contributed by atoms with Crippen LogP contribution < -0.4 is 14.5 Å². The molecule has 6 atom stereocenters. The number of aryl methyl sites for hydroxylation is 2. The number of anilines is 2. The molecule has 4 aliphatic rings. The highest BCUT2D eigenvalue weighted by Gasteiger charge is 2.68. The summed E-state index contributed by atoms with van der Waals surface area (Å²) in [6.07, 6.45) is 2.45. The number of hydrogen-bond acceptors (Lipinski definition) is 8. The Labute approximate surface area is 333 Å². The number of phenolic OH excluding ortho intramolecular Hbond substituents is 1. The quantitative estimate of drug-likeness (QED) is 0.108. The number of ether oxygens (including phenoxy) is 1. The maximum atomic E-state index is 15.1. The monoisotopic (exact) mass is 872 g/mol. The molecule has 4 heterocycles. The molecule has 9 rings (SSSR count). The maximum absolute atomic E-state index is 15.1. The normalized spacial score (nSPS) is 26.3. The number of aromatic nitrogens is 2. The van der Waals surface area contributed by atoms with Gasteiger partial charge in [-0.25, -0.2) is 4.90 Å². The SMILES string of the molecule is COc1cccc([C@H]2C3=CC[C@@H]4C(=O)N(c5ccc(I)cc5)C(=O)[C@@H]4[C@@H]3C[C@H]3C(=O)N(c4cc(-c5sc6ccc(Cl)cc6c5C)nn4C)C(=O)[C@@]23C)c1O. The van der Waals surface area contributed by atoms with Crippen LogP contribution in [0.15, 0.2) is 78.4 Å². The molecular formula is C41H34ClIN4O6S. The summed E-state index contributed by atoms with van der Waals surface area (Å²) in [7, 11) is 3.17. The molecule has 2 aromatic heterocycles. The Bertz CT molecular complexity index is 2510. The minimum Gasteiger partial charge on any atom is -0.504 e. The van der Waals surface area contributed by atoms with Gasteiger partial charge in [0.1, 0.15) is 11.5 Å². The first kappa shape index (κ1) is 35.2. The number of thiophene rings is 1. The summed E-state index contributed by atoms with van der Waals surface area (Å²) >= 11 is 10.1. The number of imide groups is 2. The van der Waals surface area contributed by atoms with Crippen LogP contribution in [0.5, 0.6) is 11.5 Å². The van der Waals surface area contributed by atoms with Crippen molar-refractivity contribution in [3.63, 3.8) is 0 Å². The van der Waals surface area contributed by atoms with Gasteiger partial charge in [0.2, 0.25) is 23.6 Å². The number of amides is 4. The van der Waals surface area contributed by atoms with E-state index in [2.05, 4.69) is 22.6 Å². The molecule has 0 spiro atoms. The number of halogens is 2. The highest BCUT2D eigenvalue weighted by atomic mass is 127. The zero-order valence-electron chi connectivity index (χ0n) is 29.7. The van der Waals surface area contributed by atoms with E-state index in [1.165, 1.54) is 16.9 Å². The fourth-order valence-electron chi connectivity index (χ4n) is 9.57. The van der Waals surface area contributed by atoms with Gasteiger partial charge in [0.25, 0.3) is 0 Å². The van der Waals surface area contributed by atoms with Gasteiger partial charge >= 0.3 is 0 Å². The molecular weight excluding hydrogens is 839 g/mol. The van der Waals surface area contributed by atoms with Gasteiger partial charge in [-0.1, -0.05) is 35.4 Å². The van der Waals surface area contributed by atoms with E-state index >= 15 is 4.79 Å². The van der Waals surface area contributed by atoms with E-state index in [4.69, 9.17) is 21.4 Å². The van der Waals surface area contributed by atoms with Crippen molar-refractivity contribution in [3.8, 4) is 22.1 Å². The number of benzene rings is 3. The fourth-order valence-corrected chi connectivity index (χ4v) is 11.3. The molecule has 5 aromatic rings. The highest BCUT2D eigenvalue weighted by molar-refractivity contribution is 14.1. The third-order valence-electron chi connectivity index (χ3n) is 12.1. The van der Waals surface area contributed by atoms with Crippen LogP contribution in [0.1, 0.15) is 36.8 Å². The first-order valence-electron chi connectivity index (χ1n) is 17.7. The molecule has 0 bridgehead atoms. The van der Waals surface area contributed by atoms with Gasteiger partial charge < -0.3 is 9.84 Å². The third kappa shape index (κ3) is 4.84. The smallest absolute Gasteiger partial charge is 0.242 e. The lowest BCUT2D eigenvalue weighted by Crippen LogP contribution is -2.49. The summed E-state index contributed by atoms with van der Waals surface area (Å²) in [6, 6.07) is 19.9. The molecule has 0 radical (unpaired) electrons. The number of nitrogens with zero attached hydrogens (tertiary/aromatic N) is 4. The molecule has 13 heteroatoms. The average Bonchev–Trinajstić information content (AvgIpc) is 3.82. The van der Waals surface area contributed by atoms with Gasteiger partial charge in [-0.15, -0.1) is 11.3 Å². The zero-order chi connectivity index (χ0) is 38.0. The number of phenols is 1. The van der Waals surface area contributed by atoms with Crippen molar-refractivity contribution in [2.24, 2.45) is 36.1 Å². The van der Waals surface area contributed by atoms with Gasteiger partial charge in [0.05, 0.1) is 40.8 Å². The number of carbonyl (C=O) groups excluding carboxylic acids is 4. The number of para-hydroxylation sites is 1. The lowest BCUT2D eigenvalue weighted by Gasteiger charge is -2.49.